The molecule has 78 valence electrons. The lowest BCUT2D eigenvalue weighted by atomic mass is 10.3. The molecule has 0 atom stereocenters. The Labute approximate surface area is 88.8 Å². The summed E-state index contributed by atoms with van der Waals surface area (Å²) < 4.78 is 10.3. The molecule has 0 saturated carbocycles. The molecular formula is C10H14ClNO2. The summed E-state index contributed by atoms with van der Waals surface area (Å²) in [6.07, 6.45) is 0.836. The van der Waals surface area contributed by atoms with Crippen LogP contribution in [0.5, 0.6) is 5.75 Å². The van der Waals surface area contributed by atoms with Crippen molar-refractivity contribution in [1.29, 1.82) is 0 Å². The summed E-state index contributed by atoms with van der Waals surface area (Å²) in [6, 6.07) is 5.18. The van der Waals surface area contributed by atoms with E-state index in [0.717, 1.165) is 6.42 Å². The first-order valence-electron chi connectivity index (χ1n) is 4.41. The summed E-state index contributed by atoms with van der Waals surface area (Å²) >= 11 is 5.80. The first-order valence-corrected chi connectivity index (χ1v) is 4.78. The van der Waals surface area contributed by atoms with Gasteiger partial charge in [0.25, 0.3) is 0 Å². The molecule has 0 unspecified atom stereocenters. The Hall–Kier alpha value is -0.930. The molecule has 0 aliphatic carbocycles. The topological polar surface area (TPSA) is 44.5 Å². The molecule has 0 aliphatic rings. The molecule has 0 heterocycles. The molecule has 3 nitrogen and oxygen atoms in total. The number of hydrogen-bond acceptors (Lipinski definition) is 3. The summed E-state index contributed by atoms with van der Waals surface area (Å²) in [5.74, 6) is 0.633. The van der Waals surface area contributed by atoms with Gasteiger partial charge in [-0.3, -0.25) is 0 Å². The molecule has 0 fully saturated rings. The second kappa shape index (κ2) is 5.73. The van der Waals surface area contributed by atoms with Gasteiger partial charge in [0.2, 0.25) is 0 Å². The average molecular weight is 216 g/mol. The highest BCUT2D eigenvalue weighted by molar-refractivity contribution is 6.30. The number of anilines is 1. The zero-order chi connectivity index (χ0) is 10.4. The van der Waals surface area contributed by atoms with Crippen LogP contribution in [0.2, 0.25) is 5.02 Å². The summed E-state index contributed by atoms with van der Waals surface area (Å²) in [6.45, 7) is 1.26. The third kappa shape index (κ3) is 3.44. The Balaban J connectivity index is 2.45. The van der Waals surface area contributed by atoms with E-state index in [4.69, 9.17) is 26.8 Å². The number of halogens is 1. The number of nitrogen functional groups attached to an aromatic ring is 1. The van der Waals surface area contributed by atoms with Gasteiger partial charge in [0.05, 0.1) is 12.3 Å². The summed E-state index contributed by atoms with van der Waals surface area (Å²) in [7, 11) is 1.66. The number of rotatable bonds is 5. The zero-order valence-electron chi connectivity index (χ0n) is 8.13. The molecule has 4 heteroatoms. The standard InChI is InChI=1S/C10H14ClNO2/c1-13-5-2-6-14-10-7-8(11)3-4-9(10)12/h3-4,7H,2,5-6,12H2,1H3. The van der Waals surface area contributed by atoms with Crippen LogP contribution in [0.25, 0.3) is 0 Å². The highest BCUT2D eigenvalue weighted by atomic mass is 35.5. The van der Waals surface area contributed by atoms with E-state index in [1.165, 1.54) is 0 Å². The van der Waals surface area contributed by atoms with E-state index in [2.05, 4.69) is 0 Å². The van der Waals surface area contributed by atoms with Crippen molar-refractivity contribution in [2.45, 2.75) is 6.42 Å². The van der Waals surface area contributed by atoms with Gasteiger partial charge in [-0.1, -0.05) is 11.6 Å². The molecule has 0 aliphatic heterocycles. The Kier molecular flexibility index (Phi) is 4.56. The molecule has 0 aromatic heterocycles. The van der Waals surface area contributed by atoms with Crippen molar-refractivity contribution >= 4 is 17.3 Å². The zero-order valence-corrected chi connectivity index (χ0v) is 8.88. The third-order valence-corrected chi connectivity index (χ3v) is 1.96. The fraction of sp³-hybridized carbons (Fsp3) is 0.400. The molecule has 1 aromatic rings. The minimum Gasteiger partial charge on any atom is -0.491 e. The van der Waals surface area contributed by atoms with E-state index in [1.54, 1.807) is 25.3 Å². The van der Waals surface area contributed by atoms with Crippen LogP contribution in [0.4, 0.5) is 5.69 Å². The Morgan fingerprint density at radius 2 is 2.14 bits per heavy atom. The van der Waals surface area contributed by atoms with Gasteiger partial charge < -0.3 is 15.2 Å². The van der Waals surface area contributed by atoms with Crippen LogP contribution in [-0.4, -0.2) is 20.3 Å². The maximum Gasteiger partial charge on any atom is 0.143 e. The van der Waals surface area contributed by atoms with Crippen LogP contribution in [0.3, 0.4) is 0 Å². The predicted octanol–water partition coefficient (Wildman–Crippen LogP) is 2.34. The number of methoxy groups -OCH3 is 1. The molecule has 0 bridgehead atoms. The smallest absolute Gasteiger partial charge is 0.143 e. The molecule has 0 saturated heterocycles. The lowest BCUT2D eigenvalue weighted by molar-refractivity contribution is 0.172. The van der Waals surface area contributed by atoms with Crippen molar-refractivity contribution in [1.82, 2.24) is 0 Å². The molecule has 1 rings (SSSR count). The second-order valence-corrected chi connectivity index (χ2v) is 3.31. The number of nitrogens with two attached hydrogens (primary N) is 1. The number of benzene rings is 1. The Bertz CT molecular complexity index is 291. The molecule has 0 radical (unpaired) electrons. The van der Waals surface area contributed by atoms with Gasteiger partial charge in [0.15, 0.2) is 0 Å². The van der Waals surface area contributed by atoms with Gasteiger partial charge in [-0.05, 0) is 12.1 Å². The van der Waals surface area contributed by atoms with E-state index in [1.807, 2.05) is 0 Å². The van der Waals surface area contributed by atoms with Crippen molar-refractivity contribution in [3.63, 3.8) is 0 Å². The van der Waals surface area contributed by atoms with E-state index in [-0.39, 0.29) is 0 Å². The van der Waals surface area contributed by atoms with Crippen LogP contribution in [0.15, 0.2) is 18.2 Å². The van der Waals surface area contributed by atoms with Crippen LogP contribution in [0, 0.1) is 0 Å². The summed E-state index contributed by atoms with van der Waals surface area (Å²) in [5.41, 5.74) is 6.29. The van der Waals surface area contributed by atoms with Crippen LogP contribution in [0.1, 0.15) is 6.42 Å². The summed E-state index contributed by atoms with van der Waals surface area (Å²) in [5, 5.41) is 0.626. The van der Waals surface area contributed by atoms with E-state index in [9.17, 15) is 0 Å². The van der Waals surface area contributed by atoms with Gasteiger partial charge in [0.1, 0.15) is 5.75 Å². The average Bonchev–Trinajstić information content (AvgIpc) is 2.18. The fourth-order valence-electron chi connectivity index (χ4n) is 1.02. The van der Waals surface area contributed by atoms with E-state index < -0.39 is 0 Å². The Morgan fingerprint density at radius 3 is 2.86 bits per heavy atom. The monoisotopic (exact) mass is 215 g/mol. The molecular weight excluding hydrogens is 202 g/mol. The van der Waals surface area contributed by atoms with Crippen molar-refractivity contribution in [3.8, 4) is 5.75 Å². The fourth-order valence-corrected chi connectivity index (χ4v) is 1.18. The highest BCUT2D eigenvalue weighted by Crippen LogP contribution is 2.25. The highest BCUT2D eigenvalue weighted by Gasteiger charge is 2.00. The molecule has 1 aromatic carbocycles. The van der Waals surface area contributed by atoms with E-state index in [0.29, 0.717) is 29.7 Å². The third-order valence-electron chi connectivity index (χ3n) is 1.73. The van der Waals surface area contributed by atoms with Gasteiger partial charge in [-0.15, -0.1) is 0 Å². The number of ether oxygens (including phenoxy) is 2. The largest absolute Gasteiger partial charge is 0.491 e. The normalized spacial score (nSPS) is 10.1. The van der Waals surface area contributed by atoms with Gasteiger partial charge in [0, 0.05) is 31.2 Å². The van der Waals surface area contributed by atoms with Crippen molar-refractivity contribution in [2.75, 3.05) is 26.1 Å². The molecule has 0 spiro atoms. The van der Waals surface area contributed by atoms with Gasteiger partial charge in [-0.25, -0.2) is 0 Å². The van der Waals surface area contributed by atoms with Crippen LogP contribution >= 0.6 is 11.6 Å². The minimum absolute atomic E-state index is 0.582. The lowest BCUT2D eigenvalue weighted by Crippen LogP contribution is -2.03. The molecule has 2 N–H and O–H groups in total. The lowest BCUT2D eigenvalue weighted by Gasteiger charge is -2.08. The minimum atomic E-state index is 0.582. The molecule has 14 heavy (non-hydrogen) atoms. The van der Waals surface area contributed by atoms with Crippen LogP contribution in [-0.2, 0) is 4.74 Å². The van der Waals surface area contributed by atoms with Crippen LogP contribution < -0.4 is 10.5 Å². The van der Waals surface area contributed by atoms with Crippen molar-refractivity contribution in [2.24, 2.45) is 0 Å². The maximum atomic E-state index is 5.80. The maximum absolute atomic E-state index is 5.80. The Morgan fingerprint density at radius 1 is 1.36 bits per heavy atom. The van der Waals surface area contributed by atoms with Gasteiger partial charge in [-0.2, -0.15) is 0 Å². The molecule has 0 amide bonds. The van der Waals surface area contributed by atoms with Crippen molar-refractivity contribution in [3.05, 3.63) is 23.2 Å². The summed E-state index contributed by atoms with van der Waals surface area (Å²) in [4.78, 5) is 0. The quantitative estimate of drug-likeness (QED) is 0.606. The first kappa shape index (κ1) is 11.1. The van der Waals surface area contributed by atoms with E-state index >= 15 is 0 Å². The number of hydrogen-bond donors (Lipinski definition) is 1. The van der Waals surface area contributed by atoms with Crippen molar-refractivity contribution < 1.29 is 9.47 Å². The van der Waals surface area contributed by atoms with Gasteiger partial charge >= 0.3 is 0 Å². The predicted molar refractivity (Wildman–Crippen MR) is 57.9 cm³/mol. The SMILES string of the molecule is COCCCOc1cc(Cl)ccc1N. The first-order chi connectivity index (χ1) is 6.74. The second-order valence-electron chi connectivity index (χ2n) is 2.88.